The highest BCUT2D eigenvalue weighted by molar-refractivity contribution is 5.94. The summed E-state index contributed by atoms with van der Waals surface area (Å²) in [7, 11) is 1.93. The summed E-state index contributed by atoms with van der Waals surface area (Å²) in [5, 5.41) is 0. The lowest BCUT2D eigenvalue weighted by Gasteiger charge is -2.35. The van der Waals surface area contributed by atoms with E-state index in [4.69, 9.17) is 0 Å². The zero-order valence-electron chi connectivity index (χ0n) is 18.6. The number of carbonyl (C=O) groups is 1. The molecule has 1 aliphatic rings. The Morgan fingerprint density at radius 1 is 1.16 bits per heavy atom. The van der Waals surface area contributed by atoms with Crippen LogP contribution in [-0.4, -0.2) is 58.5 Å². The molecule has 5 nitrogen and oxygen atoms in total. The van der Waals surface area contributed by atoms with Crippen LogP contribution in [0.25, 0.3) is 5.69 Å². The Hall–Kier alpha value is -2.92. The summed E-state index contributed by atoms with van der Waals surface area (Å²) in [5.74, 6) is 0.624. The third kappa shape index (κ3) is 5.42. The van der Waals surface area contributed by atoms with Gasteiger partial charge in [-0.2, -0.15) is 0 Å². The molecule has 1 saturated heterocycles. The number of rotatable bonds is 7. The number of amides is 1. The van der Waals surface area contributed by atoms with E-state index in [1.807, 2.05) is 47.0 Å². The Morgan fingerprint density at radius 2 is 1.97 bits per heavy atom. The zero-order chi connectivity index (χ0) is 21.6. The highest BCUT2D eigenvalue weighted by Crippen LogP contribution is 2.20. The smallest absolute Gasteiger partial charge is 0.253 e. The van der Waals surface area contributed by atoms with Crippen molar-refractivity contribution >= 4 is 5.91 Å². The van der Waals surface area contributed by atoms with Gasteiger partial charge >= 0.3 is 0 Å². The van der Waals surface area contributed by atoms with Gasteiger partial charge in [0.25, 0.3) is 5.91 Å². The van der Waals surface area contributed by atoms with Crippen LogP contribution in [0.15, 0.2) is 67.3 Å². The summed E-state index contributed by atoms with van der Waals surface area (Å²) < 4.78 is 1.94. The minimum atomic E-state index is 0.0919. The highest BCUT2D eigenvalue weighted by atomic mass is 16.2. The van der Waals surface area contributed by atoms with Crippen molar-refractivity contribution in [2.75, 3.05) is 33.2 Å². The van der Waals surface area contributed by atoms with E-state index < -0.39 is 0 Å². The Kier molecular flexibility index (Phi) is 6.82. The van der Waals surface area contributed by atoms with Crippen LogP contribution in [0.2, 0.25) is 0 Å². The third-order valence-corrected chi connectivity index (χ3v) is 6.36. The van der Waals surface area contributed by atoms with Crippen molar-refractivity contribution in [2.24, 2.45) is 5.92 Å². The van der Waals surface area contributed by atoms with Crippen molar-refractivity contribution < 1.29 is 4.79 Å². The van der Waals surface area contributed by atoms with Crippen LogP contribution < -0.4 is 0 Å². The number of hydrogen-bond donors (Lipinski definition) is 0. The number of benzene rings is 2. The van der Waals surface area contributed by atoms with Crippen LogP contribution in [0.1, 0.15) is 34.3 Å². The fraction of sp³-hybridized carbons (Fsp3) is 0.385. The van der Waals surface area contributed by atoms with Crippen molar-refractivity contribution in [1.29, 1.82) is 0 Å². The van der Waals surface area contributed by atoms with Crippen LogP contribution >= 0.6 is 0 Å². The topological polar surface area (TPSA) is 41.4 Å². The number of piperidine rings is 1. The number of nitrogens with zero attached hydrogens (tertiary/aromatic N) is 4. The van der Waals surface area contributed by atoms with Gasteiger partial charge in [0.15, 0.2) is 0 Å². The van der Waals surface area contributed by atoms with E-state index in [-0.39, 0.29) is 5.91 Å². The molecule has 1 atom stereocenters. The first-order chi connectivity index (χ1) is 15.1. The lowest BCUT2D eigenvalue weighted by atomic mass is 9.96. The first kappa shape index (κ1) is 21.3. The molecule has 0 N–H and O–H groups in total. The average molecular weight is 417 g/mol. The second-order valence-corrected chi connectivity index (χ2v) is 8.69. The number of aryl methyl sites for hydroxylation is 1. The van der Waals surface area contributed by atoms with Crippen LogP contribution in [0, 0.1) is 12.8 Å². The number of aromatic nitrogens is 2. The van der Waals surface area contributed by atoms with Crippen molar-refractivity contribution in [3.05, 3.63) is 83.9 Å². The number of likely N-dealkylation sites (tertiary alicyclic amines) is 1. The summed E-state index contributed by atoms with van der Waals surface area (Å²) in [6, 6.07) is 16.4. The SMILES string of the molecule is Cc1ccccc1CCN1CCCC(CN(C)C(=O)c2ccc(-n3ccnc3)cc2)C1. The Labute approximate surface area is 185 Å². The van der Waals surface area contributed by atoms with Crippen LogP contribution in [0.3, 0.4) is 0 Å². The van der Waals surface area contributed by atoms with E-state index in [0.29, 0.717) is 5.92 Å². The number of carbonyl (C=O) groups excluding carboxylic acids is 1. The van der Waals surface area contributed by atoms with Gasteiger partial charge in [0.05, 0.1) is 6.33 Å². The van der Waals surface area contributed by atoms with Crippen LogP contribution in [-0.2, 0) is 6.42 Å². The Morgan fingerprint density at radius 3 is 2.71 bits per heavy atom. The Bertz CT molecular complexity index is 981. The normalized spacial score (nSPS) is 16.9. The molecule has 2 heterocycles. The lowest BCUT2D eigenvalue weighted by molar-refractivity contribution is 0.0730. The standard InChI is InChI=1S/C26H32N4O/c1-21-6-3-4-8-23(21)13-16-29-15-5-7-22(19-29)18-28(2)26(31)24-9-11-25(12-10-24)30-17-14-27-20-30/h3-4,6,8-12,14,17,20,22H,5,7,13,15-16,18-19H2,1-2H3. The lowest BCUT2D eigenvalue weighted by Crippen LogP contribution is -2.42. The van der Waals surface area contributed by atoms with Gasteiger partial charge in [0.2, 0.25) is 0 Å². The van der Waals surface area contributed by atoms with Gasteiger partial charge in [-0.1, -0.05) is 24.3 Å². The minimum absolute atomic E-state index is 0.0919. The molecule has 0 bridgehead atoms. The quantitative estimate of drug-likeness (QED) is 0.579. The zero-order valence-corrected chi connectivity index (χ0v) is 18.6. The molecule has 5 heteroatoms. The molecule has 0 saturated carbocycles. The minimum Gasteiger partial charge on any atom is -0.341 e. The van der Waals surface area contributed by atoms with E-state index in [1.54, 1.807) is 12.5 Å². The van der Waals surface area contributed by atoms with Crippen molar-refractivity contribution in [3.63, 3.8) is 0 Å². The molecule has 3 aromatic rings. The fourth-order valence-electron chi connectivity index (χ4n) is 4.55. The average Bonchev–Trinajstić information content (AvgIpc) is 3.33. The first-order valence-corrected chi connectivity index (χ1v) is 11.2. The van der Waals surface area contributed by atoms with Crippen molar-refractivity contribution in [2.45, 2.75) is 26.2 Å². The maximum absolute atomic E-state index is 12.9. The molecule has 0 aliphatic carbocycles. The molecule has 0 spiro atoms. The summed E-state index contributed by atoms with van der Waals surface area (Å²) in [4.78, 5) is 21.5. The molecule has 1 aromatic heterocycles. The molecule has 4 rings (SSSR count). The van der Waals surface area contributed by atoms with E-state index >= 15 is 0 Å². The van der Waals surface area contributed by atoms with Gasteiger partial charge < -0.3 is 14.4 Å². The monoisotopic (exact) mass is 416 g/mol. The summed E-state index contributed by atoms with van der Waals surface area (Å²) >= 11 is 0. The third-order valence-electron chi connectivity index (χ3n) is 6.36. The maximum Gasteiger partial charge on any atom is 0.253 e. The summed E-state index contributed by atoms with van der Waals surface area (Å²) in [5.41, 5.74) is 4.56. The molecular formula is C26H32N4O. The summed E-state index contributed by atoms with van der Waals surface area (Å²) in [6.45, 7) is 6.33. The predicted octanol–water partition coefficient (Wildman–Crippen LogP) is 4.21. The van der Waals surface area contributed by atoms with Gasteiger partial charge in [-0.3, -0.25) is 4.79 Å². The molecule has 31 heavy (non-hydrogen) atoms. The predicted molar refractivity (Wildman–Crippen MR) is 125 cm³/mol. The van der Waals surface area contributed by atoms with Crippen LogP contribution in [0.5, 0.6) is 0 Å². The van der Waals surface area contributed by atoms with Gasteiger partial charge in [0.1, 0.15) is 0 Å². The second kappa shape index (κ2) is 9.92. The van der Waals surface area contributed by atoms with Gasteiger partial charge in [0, 0.05) is 50.3 Å². The summed E-state index contributed by atoms with van der Waals surface area (Å²) in [6.07, 6.45) is 8.91. The van der Waals surface area contributed by atoms with Crippen LogP contribution in [0.4, 0.5) is 0 Å². The molecule has 2 aromatic carbocycles. The fourth-order valence-corrected chi connectivity index (χ4v) is 4.55. The number of hydrogen-bond acceptors (Lipinski definition) is 3. The molecule has 1 amide bonds. The van der Waals surface area contributed by atoms with Crippen molar-refractivity contribution in [1.82, 2.24) is 19.4 Å². The van der Waals surface area contributed by atoms with E-state index in [2.05, 4.69) is 41.1 Å². The molecular weight excluding hydrogens is 384 g/mol. The van der Waals surface area contributed by atoms with E-state index in [1.165, 1.54) is 24.0 Å². The molecule has 1 fully saturated rings. The Balaban J connectivity index is 1.29. The second-order valence-electron chi connectivity index (χ2n) is 8.69. The van der Waals surface area contributed by atoms with E-state index in [0.717, 1.165) is 43.9 Å². The van der Waals surface area contributed by atoms with Gasteiger partial charge in [-0.15, -0.1) is 0 Å². The molecule has 1 unspecified atom stereocenters. The number of imidazole rings is 1. The highest BCUT2D eigenvalue weighted by Gasteiger charge is 2.23. The molecule has 0 radical (unpaired) electrons. The molecule has 162 valence electrons. The van der Waals surface area contributed by atoms with E-state index in [9.17, 15) is 4.79 Å². The van der Waals surface area contributed by atoms with Gasteiger partial charge in [-0.05, 0) is 74.0 Å². The first-order valence-electron chi connectivity index (χ1n) is 11.2. The van der Waals surface area contributed by atoms with Gasteiger partial charge in [-0.25, -0.2) is 4.98 Å². The maximum atomic E-state index is 12.9. The molecule has 1 aliphatic heterocycles. The van der Waals surface area contributed by atoms with Crippen molar-refractivity contribution in [3.8, 4) is 5.69 Å². The largest absolute Gasteiger partial charge is 0.341 e.